The summed E-state index contributed by atoms with van der Waals surface area (Å²) in [6, 6.07) is 16.1. The Bertz CT molecular complexity index is 714. The van der Waals surface area contributed by atoms with Crippen molar-refractivity contribution in [1.82, 2.24) is 5.32 Å². The summed E-state index contributed by atoms with van der Waals surface area (Å²) in [4.78, 5) is 14.8. The molecule has 4 nitrogen and oxygen atoms in total. The quantitative estimate of drug-likeness (QED) is 0.919. The lowest BCUT2D eigenvalue weighted by Crippen LogP contribution is -2.39. The van der Waals surface area contributed by atoms with Gasteiger partial charge in [-0.05, 0) is 35.6 Å². The topological polar surface area (TPSA) is 41.6 Å². The normalized spacial score (nSPS) is 16.6. The number of benzene rings is 2. The van der Waals surface area contributed by atoms with Crippen LogP contribution < -0.4 is 10.2 Å². The molecule has 1 atom stereocenters. The van der Waals surface area contributed by atoms with Crippen molar-refractivity contribution in [2.24, 2.45) is 5.92 Å². The average molecular weight is 324 g/mol. The second-order valence-corrected chi connectivity index (χ2v) is 6.38. The molecule has 0 fully saturated rings. The predicted molar refractivity (Wildman–Crippen MR) is 96.4 cm³/mol. The average Bonchev–Trinajstić information content (AvgIpc) is 2.60. The molecule has 0 aromatic heterocycles. The minimum absolute atomic E-state index is 0.0239. The van der Waals surface area contributed by atoms with Gasteiger partial charge in [-0.15, -0.1) is 0 Å². The van der Waals surface area contributed by atoms with Crippen LogP contribution in [0.5, 0.6) is 0 Å². The Morgan fingerprint density at radius 2 is 1.96 bits per heavy atom. The molecule has 1 heterocycles. The van der Waals surface area contributed by atoms with Crippen LogP contribution in [-0.4, -0.2) is 33.2 Å². The first-order chi connectivity index (χ1) is 11.7. The van der Waals surface area contributed by atoms with E-state index in [4.69, 9.17) is 4.74 Å². The van der Waals surface area contributed by atoms with Crippen molar-refractivity contribution >= 4 is 11.6 Å². The third-order valence-electron chi connectivity index (χ3n) is 4.56. The number of carbonyl (C=O) groups excluding carboxylic acids is 1. The highest BCUT2D eigenvalue weighted by Crippen LogP contribution is 2.28. The van der Waals surface area contributed by atoms with Crippen LogP contribution in [0.25, 0.3) is 0 Å². The maximum absolute atomic E-state index is 12.5. The smallest absolute Gasteiger partial charge is 0.251 e. The summed E-state index contributed by atoms with van der Waals surface area (Å²) in [6.45, 7) is 2.08. The number of ether oxygens (including phenoxy) is 1. The van der Waals surface area contributed by atoms with Crippen molar-refractivity contribution in [3.8, 4) is 0 Å². The van der Waals surface area contributed by atoms with Gasteiger partial charge in [-0.2, -0.15) is 0 Å². The first-order valence-corrected chi connectivity index (χ1v) is 8.33. The van der Waals surface area contributed by atoms with Crippen molar-refractivity contribution in [3.63, 3.8) is 0 Å². The van der Waals surface area contributed by atoms with Crippen LogP contribution in [0.3, 0.4) is 0 Å². The highest BCUT2D eigenvalue weighted by molar-refractivity contribution is 5.95. The highest BCUT2D eigenvalue weighted by Gasteiger charge is 2.22. The van der Waals surface area contributed by atoms with E-state index in [1.54, 1.807) is 7.11 Å². The molecule has 1 aliphatic heterocycles. The van der Waals surface area contributed by atoms with Crippen molar-refractivity contribution in [3.05, 3.63) is 65.2 Å². The van der Waals surface area contributed by atoms with Gasteiger partial charge in [0.15, 0.2) is 0 Å². The second-order valence-electron chi connectivity index (χ2n) is 6.38. The molecule has 1 aliphatic rings. The van der Waals surface area contributed by atoms with Gasteiger partial charge < -0.3 is 15.0 Å². The van der Waals surface area contributed by atoms with Gasteiger partial charge in [0.1, 0.15) is 0 Å². The van der Waals surface area contributed by atoms with Crippen molar-refractivity contribution < 1.29 is 9.53 Å². The van der Waals surface area contributed by atoms with Crippen LogP contribution in [0, 0.1) is 5.92 Å². The van der Waals surface area contributed by atoms with Gasteiger partial charge in [-0.25, -0.2) is 0 Å². The van der Waals surface area contributed by atoms with E-state index in [2.05, 4.69) is 41.5 Å². The molecular formula is C20H24N2O2. The third-order valence-corrected chi connectivity index (χ3v) is 4.56. The summed E-state index contributed by atoms with van der Waals surface area (Å²) >= 11 is 0. The zero-order valence-corrected chi connectivity index (χ0v) is 14.3. The van der Waals surface area contributed by atoms with Gasteiger partial charge in [0.25, 0.3) is 5.91 Å². The van der Waals surface area contributed by atoms with E-state index in [0.717, 1.165) is 18.5 Å². The van der Waals surface area contributed by atoms with Crippen LogP contribution in [0.2, 0.25) is 0 Å². The van der Waals surface area contributed by atoms with Gasteiger partial charge in [0.2, 0.25) is 0 Å². The molecule has 0 bridgehead atoms. The van der Waals surface area contributed by atoms with Crippen LogP contribution in [0.1, 0.15) is 21.5 Å². The number of nitrogens with zero attached hydrogens (tertiary/aromatic N) is 1. The lowest BCUT2D eigenvalue weighted by Gasteiger charge is -2.33. The number of carbonyl (C=O) groups is 1. The van der Waals surface area contributed by atoms with Crippen LogP contribution in [-0.2, 0) is 17.8 Å². The minimum atomic E-state index is -0.0239. The minimum Gasteiger partial charge on any atom is -0.380 e. The molecule has 24 heavy (non-hydrogen) atoms. The molecule has 1 unspecified atom stereocenters. The van der Waals surface area contributed by atoms with Gasteiger partial charge in [0, 0.05) is 38.5 Å². The predicted octanol–water partition coefficient (Wildman–Crippen LogP) is 2.87. The molecule has 2 aromatic rings. The number of rotatable bonds is 5. The van der Waals surface area contributed by atoms with E-state index in [1.807, 2.05) is 24.3 Å². The molecule has 1 N–H and O–H groups in total. The molecule has 4 heteroatoms. The zero-order chi connectivity index (χ0) is 16.9. The van der Waals surface area contributed by atoms with E-state index in [1.165, 1.54) is 11.3 Å². The Morgan fingerprint density at radius 1 is 1.21 bits per heavy atom. The molecule has 126 valence electrons. The molecule has 0 aliphatic carbocycles. The number of para-hydroxylation sites is 1. The number of fused-ring (bicyclic) bond motifs is 1. The molecule has 0 saturated heterocycles. The fraction of sp³-hybridized carbons (Fsp3) is 0.350. The van der Waals surface area contributed by atoms with Crippen LogP contribution >= 0.6 is 0 Å². The first kappa shape index (κ1) is 16.5. The number of methoxy groups -OCH3 is 1. The molecule has 0 saturated carbocycles. The summed E-state index contributed by atoms with van der Waals surface area (Å²) in [5, 5.41) is 3.10. The van der Waals surface area contributed by atoms with Crippen molar-refractivity contribution in [1.29, 1.82) is 0 Å². The van der Waals surface area contributed by atoms with Crippen molar-refractivity contribution in [2.75, 3.05) is 32.1 Å². The maximum atomic E-state index is 12.5. The molecule has 0 radical (unpaired) electrons. The summed E-state index contributed by atoms with van der Waals surface area (Å²) in [5.41, 5.74) is 4.27. The summed E-state index contributed by atoms with van der Waals surface area (Å²) < 4.78 is 5.18. The Kier molecular flexibility index (Phi) is 5.16. The molecule has 2 aromatic carbocycles. The number of anilines is 1. The maximum Gasteiger partial charge on any atom is 0.251 e. The van der Waals surface area contributed by atoms with Gasteiger partial charge in [-0.3, -0.25) is 4.79 Å². The number of hydrogen-bond donors (Lipinski definition) is 1. The van der Waals surface area contributed by atoms with Gasteiger partial charge in [0.05, 0.1) is 6.61 Å². The fourth-order valence-electron chi connectivity index (χ4n) is 3.41. The lowest BCUT2D eigenvalue weighted by atomic mass is 9.92. The Morgan fingerprint density at radius 3 is 2.79 bits per heavy atom. The number of hydrogen-bond acceptors (Lipinski definition) is 3. The lowest BCUT2D eigenvalue weighted by molar-refractivity contribution is 0.0942. The monoisotopic (exact) mass is 324 g/mol. The van der Waals surface area contributed by atoms with Gasteiger partial charge >= 0.3 is 0 Å². The van der Waals surface area contributed by atoms with Crippen LogP contribution in [0.4, 0.5) is 5.69 Å². The fourth-order valence-corrected chi connectivity index (χ4v) is 3.41. The SMILES string of the molecule is COCc1ccccc1C(=O)NCC1Cc2ccccc2N(C)C1. The summed E-state index contributed by atoms with van der Waals surface area (Å²) in [7, 11) is 3.75. The van der Waals surface area contributed by atoms with Crippen molar-refractivity contribution in [2.45, 2.75) is 13.0 Å². The van der Waals surface area contributed by atoms with Gasteiger partial charge in [-0.1, -0.05) is 36.4 Å². The largest absolute Gasteiger partial charge is 0.380 e. The molecule has 0 spiro atoms. The Balaban J connectivity index is 1.64. The molecular weight excluding hydrogens is 300 g/mol. The second kappa shape index (κ2) is 7.49. The van der Waals surface area contributed by atoms with E-state index >= 15 is 0 Å². The van der Waals surface area contributed by atoms with E-state index in [-0.39, 0.29) is 5.91 Å². The highest BCUT2D eigenvalue weighted by atomic mass is 16.5. The third kappa shape index (κ3) is 3.60. The Labute approximate surface area is 143 Å². The molecule has 3 rings (SSSR count). The first-order valence-electron chi connectivity index (χ1n) is 8.33. The summed E-state index contributed by atoms with van der Waals surface area (Å²) in [5.74, 6) is 0.396. The number of nitrogens with one attached hydrogen (secondary N) is 1. The van der Waals surface area contributed by atoms with E-state index in [0.29, 0.717) is 24.6 Å². The number of amides is 1. The van der Waals surface area contributed by atoms with E-state index in [9.17, 15) is 4.79 Å². The summed E-state index contributed by atoms with van der Waals surface area (Å²) in [6.07, 6.45) is 1.00. The van der Waals surface area contributed by atoms with Crippen LogP contribution in [0.15, 0.2) is 48.5 Å². The molecule has 1 amide bonds. The van der Waals surface area contributed by atoms with E-state index < -0.39 is 0 Å². The standard InChI is InChI=1S/C20H24N2O2/c1-22-13-15(11-16-7-4-6-10-19(16)22)12-21-20(23)18-9-5-3-8-17(18)14-24-2/h3-10,15H,11-14H2,1-2H3,(H,21,23). The zero-order valence-electron chi connectivity index (χ0n) is 14.3. The Hall–Kier alpha value is -2.33.